The second kappa shape index (κ2) is 10.0. The highest BCUT2D eigenvalue weighted by atomic mass is 35.5. The molecule has 3 nitrogen and oxygen atoms in total. The first-order valence-corrected chi connectivity index (χ1v) is 9.11. The molecule has 1 fully saturated rings. The van der Waals surface area contributed by atoms with Gasteiger partial charge in [0.1, 0.15) is 0 Å². The molecule has 2 N–H and O–H groups in total. The van der Waals surface area contributed by atoms with Gasteiger partial charge in [-0.3, -0.25) is 4.79 Å². The van der Waals surface area contributed by atoms with Crippen molar-refractivity contribution >= 4 is 24.0 Å². The summed E-state index contributed by atoms with van der Waals surface area (Å²) in [4.78, 5) is 12.3. The van der Waals surface area contributed by atoms with E-state index in [-0.39, 0.29) is 18.3 Å². The number of nitrogens with one attached hydrogen (secondary N) is 2. The molecular weight excluding hydrogens is 320 g/mol. The predicted molar refractivity (Wildman–Crippen MR) is 105 cm³/mol. The Kier molecular flexibility index (Phi) is 8.79. The van der Waals surface area contributed by atoms with Crippen LogP contribution in [0.15, 0.2) is 18.2 Å². The molecule has 136 valence electrons. The zero-order valence-electron chi connectivity index (χ0n) is 15.5. The van der Waals surface area contributed by atoms with Crippen molar-refractivity contribution in [3.8, 4) is 0 Å². The van der Waals surface area contributed by atoms with Gasteiger partial charge >= 0.3 is 0 Å². The molecule has 0 saturated carbocycles. The van der Waals surface area contributed by atoms with Crippen LogP contribution < -0.4 is 10.6 Å². The highest BCUT2D eigenvalue weighted by Crippen LogP contribution is 2.29. The fourth-order valence-corrected chi connectivity index (χ4v) is 3.25. The first-order valence-electron chi connectivity index (χ1n) is 9.11. The molecule has 1 aromatic carbocycles. The largest absolute Gasteiger partial charge is 0.326 e. The molecule has 0 unspecified atom stereocenters. The summed E-state index contributed by atoms with van der Waals surface area (Å²) in [6.07, 6.45) is 4.05. The standard InChI is InChI=1S/C20H32N2O.ClH/c1-14(2)17-6-7-19(18(13-17)15(3)4)22-20(23)8-5-16-9-11-21-12-10-16;/h6-7,13-16,21H,5,8-12H2,1-4H3,(H,22,23);1H. The van der Waals surface area contributed by atoms with Crippen molar-refractivity contribution < 1.29 is 4.79 Å². The molecule has 0 bridgehead atoms. The summed E-state index contributed by atoms with van der Waals surface area (Å²) >= 11 is 0. The van der Waals surface area contributed by atoms with Gasteiger partial charge in [-0.05, 0) is 67.3 Å². The van der Waals surface area contributed by atoms with Gasteiger partial charge in [0.05, 0.1) is 0 Å². The highest BCUT2D eigenvalue weighted by Gasteiger charge is 2.16. The van der Waals surface area contributed by atoms with Gasteiger partial charge in [-0.25, -0.2) is 0 Å². The Balaban J connectivity index is 0.00000288. The summed E-state index contributed by atoms with van der Waals surface area (Å²) in [5.74, 6) is 1.78. The zero-order chi connectivity index (χ0) is 16.8. The minimum Gasteiger partial charge on any atom is -0.326 e. The highest BCUT2D eigenvalue weighted by molar-refractivity contribution is 5.91. The third-order valence-corrected chi connectivity index (χ3v) is 4.88. The number of rotatable bonds is 6. The molecule has 1 heterocycles. The SMILES string of the molecule is CC(C)c1ccc(NC(=O)CCC2CCNCC2)c(C(C)C)c1.Cl. The quantitative estimate of drug-likeness (QED) is 0.750. The summed E-state index contributed by atoms with van der Waals surface area (Å²) in [6.45, 7) is 11.0. The molecule has 0 spiro atoms. The summed E-state index contributed by atoms with van der Waals surface area (Å²) < 4.78 is 0. The molecule has 0 atom stereocenters. The first-order chi connectivity index (χ1) is 11.0. The van der Waals surface area contributed by atoms with E-state index < -0.39 is 0 Å². The molecule has 2 rings (SSSR count). The van der Waals surface area contributed by atoms with Crippen LogP contribution in [-0.4, -0.2) is 19.0 Å². The number of carbonyl (C=O) groups is 1. The van der Waals surface area contributed by atoms with Crippen LogP contribution in [0.1, 0.15) is 76.3 Å². The smallest absolute Gasteiger partial charge is 0.224 e. The van der Waals surface area contributed by atoms with Crippen LogP contribution in [0, 0.1) is 5.92 Å². The molecule has 1 amide bonds. The third kappa shape index (κ3) is 6.10. The summed E-state index contributed by atoms with van der Waals surface area (Å²) in [6, 6.07) is 6.46. The molecule has 1 aliphatic heterocycles. The van der Waals surface area contributed by atoms with Gasteiger partial charge in [0.15, 0.2) is 0 Å². The Morgan fingerprint density at radius 3 is 2.42 bits per heavy atom. The Morgan fingerprint density at radius 1 is 1.17 bits per heavy atom. The van der Waals surface area contributed by atoms with Gasteiger partial charge in [-0.15, -0.1) is 12.4 Å². The number of piperidine rings is 1. The van der Waals surface area contributed by atoms with Gasteiger partial charge in [0.25, 0.3) is 0 Å². The van der Waals surface area contributed by atoms with Crippen LogP contribution in [0.25, 0.3) is 0 Å². The second-order valence-electron chi connectivity index (χ2n) is 7.44. The van der Waals surface area contributed by atoms with E-state index >= 15 is 0 Å². The molecule has 0 radical (unpaired) electrons. The molecule has 1 aromatic rings. The molecule has 1 saturated heterocycles. The van der Waals surface area contributed by atoms with Crippen molar-refractivity contribution in [2.75, 3.05) is 18.4 Å². The van der Waals surface area contributed by atoms with E-state index in [1.807, 2.05) is 0 Å². The molecule has 1 aliphatic rings. The molecule has 24 heavy (non-hydrogen) atoms. The summed E-state index contributed by atoms with van der Waals surface area (Å²) in [5.41, 5.74) is 3.56. The maximum atomic E-state index is 12.3. The Morgan fingerprint density at radius 2 is 1.83 bits per heavy atom. The Hall–Kier alpha value is -1.06. The Labute approximate surface area is 153 Å². The van der Waals surface area contributed by atoms with Crippen molar-refractivity contribution in [2.24, 2.45) is 5.92 Å². The van der Waals surface area contributed by atoms with Crippen LogP contribution in [0.4, 0.5) is 5.69 Å². The van der Waals surface area contributed by atoms with E-state index in [1.165, 1.54) is 24.0 Å². The number of carbonyl (C=O) groups excluding carboxylic acids is 1. The number of hydrogen-bond donors (Lipinski definition) is 2. The minimum atomic E-state index is 0. The van der Waals surface area contributed by atoms with E-state index in [4.69, 9.17) is 0 Å². The average Bonchev–Trinajstić information content (AvgIpc) is 2.54. The fraction of sp³-hybridized carbons (Fsp3) is 0.650. The van der Waals surface area contributed by atoms with Gasteiger partial charge in [0.2, 0.25) is 5.91 Å². The maximum absolute atomic E-state index is 12.3. The van der Waals surface area contributed by atoms with Crippen LogP contribution >= 0.6 is 12.4 Å². The predicted octanol–water partition coefficient (Wildman–Crippen LogP) is 5.07. The lowest BCUT2D eigenvalue weighted by atomic mass is 9.92. The van der Waals surface area contributed by atoms with Crippen LogP contribution in [0.3, 0.4) is 0 Å². The lowest BCUT2D eigenvalue weighted by Crippen LogP contribution is -2.28. The van der Waals surface area contributed by atoms with E-state index in [0.717, 1.165) is 25.2 Å². The van der Waals surface area contributed by atoms with E-state index in [0.29, 0.717) is 24.2 Å². The lowest BCUT2D eigenvalue weighted by molar-refractivity contribution is -0.116. The van der Waals surface area contributed by atoms with E-state index in [1.54, 1.807) is 0 Å². The minimum absolute atomic E-state index is 0. The maximum Gasteiger partial charge on any atom is 0.224 e. The van der Waals surface area contributed by atoms with Crippen LogP contribution in [0.5, 0.6) is 0 Å². The second-order valence-corrected chi connectivity index (χ2v) is 7.44. The van der Waals surface area contributed by atoms with Crippen molar-refractivity contribution in [1.29, 1.82) is 0 Å². The van der Waals surface area contributed by atoms with Crippen molar-refractivity contribution in [1.82, 2.24) is 5.32 Å². The van der Waals surface area contributed by atoms with Crippen molar-refractivity contribution in [3.05, 3.63) is 29.3 Å². The van der Waals surface area contributed by atoms with Crippen molar-refractivity contribution in [2.45, 2.75) is 65.2 Å². The van der Waals surface area contributed by atoms with Gasteiger partial charge in [-0.2, -0.15) is 0 Å². The topological polar surface area (TPSA) is 41.1 Å². The Bertz CT molecular complexity index is 522. The fourth-order valence-electron chi connectivity index (χ4n) is 3.25. The van der Waals surface area contributed by atoms with Gasteiger partial charge in [-0.1, -0.05) is 39.8 Å². The van der Waals surface area contributed by atoms with Crippen LogP contribution in [0.2, 0.25) is 0 Å². The van der Waals surface area contributed by atoms with E-state index in [9.17, 15) is 4.79 Å². The number of halogens is 1. The number of benzene rings is 1. The molecular formula is C20H33ClN2O. The first kappa shape index (κ1) is 21.0. The summed E-state index contributed by atoms with van der Waals surface area (Å²) in [7, 11) is 0. The number of anilines is 1. The normalized spacial score (nSPS) is 15.4. The monoisotopic (exact) mass is 352 g/mol. The van der Waals surface area contributed by atoms with Gasteiger partial charge in [0, 0.05) is 12.1 Å². The third-order valence-electron chi connectivity index (χ3n) is 4.88. The molecule has 0 aliphatic carbocycles. The molecule has 4 heteroatoms. The summed E-state index contributed by atoms with van der Waals surface area (Å²) in [5, 5.41) is 6.52. The zero-order valence-corrected chi connectivity index (χ0v) is 16.3. The average molecular weight is 353 g/mol. The lowest BCUT2D eigenvalue weighted by Gasteiger charge is -2.22. The van der Waals surface area contributed by atoms with Crippen LogP contribution in [-0.2, 0) is 4.79 Å². The number of hydrogen-bond acceptors (Lipinski definition) is 2. The van der Waals surface area contributed by atoms with Gasteiger partial charge < -0.3 is 10.6 Å². The van der Waals surface area contributed by atoms with Crippen molar-refractivity contribution in [3.63, 3.8) is 0 Å². The number of amides is 1. The van der Waals surface area contributed by atoms with E-state index in [2.05, 4.69) is 56.5 Å². The molecule has 0 aromatic heterocycles.